The van der Waals surface area contributed by atoms with E-state index in [1.165, 1.54) is 54.8 Å². The van der Waals surface area contributed by atoms with Crippen molar-refractivity contribution in [3.63, 3.8) is 0 Å². The summed E-state index contributed by atoms with van der Waals surface area (Å²) in [5, 5.41) is 7.00. The number of nitrogens with zero attached hydrogens (tertiary/aromatic N) is 4. The maximum Gasteiger partial charge on any atom is 0.257 e. The Kier molecular flexibility index (Phi) is 8.78. The molecule has 1 saturated heterocycles. The van der Waals surface area contributed by atoms with E-state index in [9.17, 15) is 14.0 Å². The molecule has 3 aromatic rings. The zero-order chi connectivity index (χ0) is 25.3. The molecule has 1 aliphatic heterocycles. The molecule has 8 nitrogen and oxygen atoms in total. The Bertz CT molecular complexity index is 1140. The minimum absolute atomic E-state index is 0.101. The number of nitrogens with one attached hydrogen (secondary N) is 1. The van der Waals surface area contributed by atoms with Crippen LogP contribution in [0.4, 0.5) is 4.39 Å². The van der Waals surface area contributed by atoms with E-state index < -0.39 is 0 Å². The number of likely N-dealkylation sites (tertiary alicyclic amines) is 1. The Morgan fingerprint density at radius 2 is 1.67 bits per heavy atom. The van der Waals surface area contributed by atoms with Gasteiger partial charge in [-0.25, -0.2) is 4.39 Å². The van der Waals surface area contributed by atoms with Crippen LogP contribution >= 0.6 is 0 Å². The molecular weight excluding hydrogens is 461 g/mol. The van der Waals surface area contributed by atoms with E-state index in [2.05, 4.69) is 20.4 Å². The van der Waals surface area contributed by atoms with E-state index >= 15 is 0 Å². The number of carbonyl (C=O) groups is 2. The number of carbonyl (C=O) groups excluding carboxylic acids is 2. The topological polar surface area (TPSA) is 91.6 Å². The lowest BCUT2D eigenvalue weighted by molar-refractivity contribution is 0.0795. The summed E-state index contributed by atoms with van der Waals surface area (Å²) in [5.74, 6) is 0.130. The molecule has 0 bridgehead atoms. The van der Waals surface area contributed by atoms with Gasteiger partial charge in [-0.2, -0.15) is 4.98 Å². The average molecular weight is 494 g/mol. The van der Waals surface area contributed by atoms with E-state index in [4.69, 9.17) is 4.52 Å². The van der Waals surface area contributed by atoms with Gasteiger partial charge >= 0.3 is 0 Å². The van der Waals surface area contributed by atoms with Crippen LogP contribution in [0.5, 0.6) is 0 Å². The highest BCUT2D eigenvalue weighted by atomic mass is 19.1. The van der Waals surface area contributed by atoms with Crippen molar-refractivity contribution in [3.05, 3.63) is 71.3 Å². The molecule has 1 N–H and O–H groups in total. The first-order valence-electron chi connectivity index (χ1n) is 12.4. The van der Waals surface area contributed by atoms with Crippen LogP contribution in [0, 0.1) is 5.82 Å². The smallest absolute Gasteiger partial charge is 0.257 e. The second kappa shape index (κ2) is 12.4. The summed E-state index contributed by atoms with van der Waals surface area (Å²) in [6.07, 6.45) is 5.47. The van der Waals surface area contributed by atoms with Crippen LogP contribution in [-0.2, 0) is 6.42 Å². The fourth-order valence-corrected chi connectivity index (χ4v) is 4.21. The number of hydrogen-bond donors (Lipinski definition) is 1. The van der Waals surface area contributed by atoms with Gasteiger partial charge in [0.15, 0.2) is 5.82 Å². The third kappa shape index (κ3) is 6.97. The number of aromatic nitrogens is 2. The Morgan fingerprint density at radius 1 is 1.00 bits per heavy atom. The first kappa shape index (κ1) is 25.5. The summed E-state index contributed by atoms with van der Waals surface area (Å²) in [4.78, 5) is 33.3. The molecule has 190 valence electrons. The molecule has 0 saturated carbocycles. The Balaban J connectivity index is 1.25. The van der Waals surface area contributed by atoms with E-state index in [-0.39, 0.29) is 17.6 Å². The van der Waals surface area contributed by atoms with E-state index in [1.54, 1.807) is 31.3 Å². The van der Waals surface area contributed by atoms with Gasteiger partial charge < -0.3 is 19.6 Å². The summed E-state index contributed by atoms with van der Waals surface area (Å²) in [7, 11) is 1.67. The van der Waals surface area contributed by atoms with Gasteiger partial charge in [0.2, 0.25) is 0 Å². The Labute approximate surface area is 210 Å². The zero-order valence-corrected chi connectivity index (χ0v) is 20.6. The van der Waals surface area contributed by atoms with Crippen molar-refractivity contribution >= 4 is 11.8 Å². The standard InChI is InChI=1S/C27H32FN5O3/c1-32(27(35)22-10-12-23(28)13-11-22)18-14-24-30-26(36-31-24)21-8-6-20(7-9-21)25(34)29-15-19-33-16-4-2-3-5-17-33/h6-13H,2-5,14-19H2,1H3,(H,29,34). The van der Waals surface area contributed by atoms with Gasteiger partial charge in [-0.05, 0) is 74.5 Å². The van der Waals surface area contributed by atoms with Gasteiger partial charge in [0.1, 0.15) is 5.82 Å². The molecule has 1 aromatic heterocycles. The maximum atomic E-state index is 13.1. The second-order valence-electron chi connectivity index (χ2n) is 9.09. The predicted octanol–water partition coefficient (Wildman–Crippen LogP) is 3.80. The molecule has 2 heterocycles. The van der Waals surface area contributed by atoms with Crippen LogP contribution in [-0.4, -0.2) is 71.5 Å². The minimum Gasteiger partial charge on any atom is -0.351 e. The highest BCUT2D eigenvalue weighted by Crippen LogP contribution is 2.18. The van der Waals surface area contributed by atoms with Crippen LogP contribution in [0.15, 0.2) is 53.1 Å². The molecule has 1 aliphatic rings. The SMILES string of the molecule is CN(CCc1noc(-c2ccc(C(=O)NCCN3CCCCCC3)cc2)n1)C(=O)c1ccc(F)cc1. The summed E-state index contributed by atoms with van der Waals surface area (Å²) < 4.78 is 18.4. The molecule has 4 rings (SSSR count). The van der Waals surface area contributed by atoms with Crippen LogP contribution in [0.2, 0.25) is 0 Å². The monoisotopic (exact) mass is 493 g/mol. The van der Waals surface area contributed by atoms with Gasteiger partial charge in [0, 0.05) is 49.8 Å². The minimum atomic E-state index is -0.384. The number of amides is 2. The molecule has 9 heteroatoms. The summed E-state index contributed by atoms with van der Waals surface area (Å²) in [6.45, 7) is 4.10. The highest BCUT2D eigenvalue weighted by Gasteiger charge is 2.15. The van der Waals surface area contributed by atoms with Crippen LogP contribution < -0.4 is 5.32 Å². The average Bonchev–Trinajstić information content (AvgIpc) is 3.23. The normalized spacial score (nSPS) is 14.3. The van der Waals surface area contributed by atoms with Crippen molar-refractivity contribution in [2.45, 2.75) is 32.1 Å². The van der Waals surface area contributed by atoms with Gasteiger partial charge in [0.05, 0.1) is 0 Å². The molecule has 36 heavy (non-hydrogen) atoms. The summed E-state index contributed by atoms with van der Waals surface area (Å²) in [5.41, 5.74) is 1.71. The van der Waals surface area contributed by atoms with Crippen molar-refractivity contribution in [3.8, 4) is 11.5 Å². The molecule has 1 fully saturated rings. The molecular formula is C27H32FN5O3. The van der Waals surface area contributed by atoms with Crippen molar-refractivity contribution < 1.29 is 18.5 Å². The lowest BCUT2D eigenvalue weighted by Gasteiger charge is -2.19. The third-order valence-corrected chi connectivity index (χ3v) is 6.38. The van der Waals surface area contributed by atoms with Crippen LogP contribution in [0.3, 0.4) is 0 Å². The van der Waals surface area contributed by atoms with E-state index in [0.29, 0.717) is 47.9 Å². The van der Waals surface area contributed by atoms with Crippen molar-refractivity contribution in [2.24, 2.45) is 0 Å². The first-order valence-corrected chi connectivity index (χ1v) is 12.4. The van der Waals surface area contributed by atoms with E-state index in [0.717, 1.165) is 19.6 Å². The lowest BCUT2D eigenvalue weighted by Crippen LogP contribution is -2.35. The number of benzene rings is 2. The van der Waals surface area contributed by atoms with Gasteiger partial charge in [-0.3, -0.25) is 9.59 Å². The van der Waals surface area contributed by atoms with Crippen LogP contribution in [0.25, 0.3) is 11.5 Å². The lowest BCUT2D eigenvalue weighted by atomic mass is 10.1. The number of rotatable bonds is 9. The summed E-state index contributed by atoms with van der Waals surface area (Å²) in [6, 6.07) is 12.5. The van der Waals surface area contributed by atoms with E-state index in [1.807, 2.05) is 0 Å². The number of likely N-dealkylation sites (N-methyl/N-ethyl adjacent to an activating group) is 1. The maximum absolute atomic E-state index is 13.1. The van der Waals surface area contributed by atoms with Crippen molar-refractivity contribution in [1.82, 2.24) is 25.3 Å². The molecule has 0 unspecified atom stereocenters. The third-order valence-electron chi connectivity index (χ3n) is 6.38. The molecule has 0 spiro atoms. The highest BCUT2D eigenvalue weighted by molar-refractivity contribution is 5.94. The first-order chi connectivity index (χ1) is 17.5. The molecule has 2 aromatic carbocycles. The Hall–Kier alpha value is -3.59. The Morgan fingerprint density at radius 3 is 2.36 bits per heavy atom. The predicted molar refractivity (Wildman–Crippen MR) is 134 cm³/mol. The van der Waals surface area contributed by atoms with Gasteiger partial charge in [-0.15, -0.1) is 0 Å². The second-order valence-corrected chi connectivity index (χ2v) is 9.09. The van der Waals surface area contributed by atoms with Crippen molar-refractivity contribution in [2.75, 3.05) is 39.8 Å². The zero-order valence-electron chi connectivity index (χ0n) is 20.6. The quantitative estimate of drug-likeness (QED) is 0.488. The fourth-order valence-electron chi connectivity index (χ4n) is 4.21. The molecule has 0 radical (unpaired) electrons. The molecule has 0 atom stereocenters. The van der Waals surface area contributed by atoms with Crippen LogP contribution in [0.1, 0.15) is 52.2 Å². The number of halogens is 1. The molecule has 2 amide bonds. The fraction of sp³-hybridized carbons (Fsp3) is 0.407. The van der Waals surface area contributed by atoms with Gasteiger partial charge in [0.25, 0.3) is 17.7 Å². The van der Waals surface area contributed by atoms with Gasteiger partial charge in [-0.1, -0.05) is 18.0 Å². The summed E-state index contributed by atoms with van der Waals surface area (Å²) >= 11 is 0. The largest absolute Gasteiger partial charge is 0.351 e. The van der Waals surface area contributed by atoms with Crippen molar-refractivity contribution in [1.29, 1.82) is 0 Å². The number of hydrogen-bond acceptors (Lipinski definition) is 6. The molecule has 0 aliphatic carbocycles.